The number of benzene rings is 1. The van der Waals surface area contributed by atoms with Gasteiger partial charge in [-0.2, -0.15) is 24.3 Å². The molecule has 0 aromatic heterocycles. The molecule has 1 atom stereocenters. The van der Waals surface area contributed by atoms with E-state index in [1.165, 1.54) is 6.47 Å². The molecule has 1 heterocycles. The molecule has 1 N–H and O–H groups in total. The Bertz CT molecular complexity index is 325. The second-order valence-electron chi connectivity index (χ2n) is 2.95. The van der Waals surface area contributed by atoms with Crippen LogP contribution in [0.2, 0.25) is 0 Å². The predicted octanol–water partition coefficient (Wildman–Crippen LogP) is -0.673. The van der Waals surface area contributed by atoms with Gasteiger partial charge < -0.3 is 19.2 Å². The fourth-order valence-corrected chi connectivity index (χ4v) is 1.15. The van der Waals surface area contributed by atoms with Crippen molar-refractivity contribution in [2.75, 3.05) is 6.61 Å². The molecular formula is C9H7BO4W. The molecule has 0 radical (unpaired) electrons. The first-order valence-electron chi connectivity index (χ1n) is 4.15. The summed E-state index contributed by atoms with van der Waals surface area (Å²) in [5.41, 5.74) is 1.41. The van der Waals surface area contributed by atoms with Crippen LogP contribution in [0.25, 0.3) is 0 Å². The summed E-state index contributed by atoms with van der Waals surface area (Å²) in [5.74, 6) is 0. The molecule has 0 bridgehead atoms. The van der Waals surface area contributed by atoms with Crippen molar-refractivity contribution in [3.05, 3.63) is 29.8 Å². The van der Waals surface area contributed by atoms with Gasteiger partial charge in [0, 0.05) is 0 Å². The molecule has 1 aliphatic heterocycles. The molecule has 1 saturated heterocycles. The van der Waals surface area contributed by atoms with Crippen molar-refractivity contribution in [3.8, 4) is 0 Å². The van der Waals surface area contributed by atoms with Gasteiger partial charge in [0.15, 0.2) is 0 Å². The zero-order valence-electron chi connectivity index (χ0n) is 7.67. The molecule has 1 aliphatic rings. The number of hydrogen-bond acceptors (Lipinski definition) is 4. The Kier molecular flexibility index (Phi) is 4.52. The van der Waals surface area contributed by atoms with Crippen LogP contribution in [0.4, 0.5) is 0 Å². The second-order valence-corrected chi connectivity index (χ2v) is 2.95. The second kappa shape index (κ2) is 5.45. The van der Waals surface area contributed by atoms with E-state index in [0.29, 0.717) is 5.46 Å². The van der Waals surface area contributed by atoms with Crippen LogP contribution in [0.5, 0.6) is 0 Å². The van der Waals surface area contributed by atoms with E-state index < -0.39 is 7.12 Å². The molecule has 6 heteroatoms. The number of hydrogen-bond donors (Lipinski definition) is 1. The molecule has 76 valence electrons. The number of carbonyl (C=O) groups excluding carboxylic acids is 1. The minimum absolute atomic E-state index is 0. The van der Waals surface area contributed by atoms with Gasteiger partial charge in [-0.15, -0.1) is 11.0 Å². The topological polar surface area (TPSA) is 59.1 Å². The minimum atomic E-state index is -1.29. The largest absolute Gasteiger partial charge is 2.00 e. The van der Waals surface area contributed by atoms with Crippen molar-refractivity contribution in [3.63, 3.8) is 0 Å². The first-order valence-corrected chi connectivity index (χ1v) is 4.15. The zero-order chi connectivity index (χ0) is 9.97. The fourth-order valence-electron chi connectivity index (χ4n) is 1.15. The van der Waals surface area contributed by atoms with Crippen LogP contribution in [0, 0.1) is 6.07 Å². The average Bonchev–Trinajstić information content (AvgIpc) is 3.02. The van der Waals surface area contributed by atoms with Crippen molar-refractivity contribution in [2.24, 2.45) is 0 Å². The van der Waals surface area contributed by atoms with E-state index in [1.54, 1.807) is 18.2 Å². The SMILES string of the molecule is O=[C-]OB(O)c1[c-]cc(C2CO2)cc1.[W+2]. The average molecular weight is 374 g/mol. The Morgan fingerprint density at radius 1 is 1.67 bits per heavy atom. The molecule has 0 amide bonds. The van der Waals surface area contributed by atoms with Gasteiger partial charge in [0.05, 0.1) is 12.7 Å². The molecule has 4 nitrogen and oxygen atoms in total. The van der Waals surface area contributed by atoms with Crippen molar-refractivity contribution < 1.29 is 40.3 Å². The van der Waals surface area contributed by atoms with Gasteiger partial charge in [0.2, 0.25) is 0 Å². The monoisotopic (exact) mass is 374 g/mol. The van der Waals surface area contributed by atoms with Gasteiger partial charge in [0.1, 0.15) is 0 Å². The van der Waals surface area contributed by atoms with Crippen LogP contribution in [-0.4, -0.2) is 25.2 Å². The van der Waals surface area contributed by atoms with Gasteiger partial charge in [-0.1, -0.05) is 6.47 Å². The summed E-state index contributed by atoms with van der Waals surface area (Å²) in [6, 6.07) is 7.97. The summed E-state index contributed by atoms with van der Waals surface area (Å²) in [5, 5.41) is 9.22. The Balaban J connectivity index is 0.00000112. The Morgan fingerprint density at radius 3 is 2.87 bits per heavy atom. The Labute approximate surface area is 102 Å². The van der Waals surface area contributed by atoms with E-state index in [9.17, 15) is 9.82 Å². The van der Waals surface area contributed by atoms with E-state index >= 15 is 0 Å². The maximum Gasteiger partial charge on any atom is 2.00 e. The standard InChI is InChI=1S/C9H7BO4.W/c11-6-14-10(12)8-3-1-7(2-4-8)9-5-13-9;/h1-3,9,12H,5H2;/q-2;+2. The molecule has 1 aromatic rings. The molecule has 0 aliphatic carbocycles. The molecule has 1 fully saturated rings. The minimum Gasteiger partial charge on any atom is -0.702 e. The quantitative estimate of drug-likeness (QED) is 0.432. The van der Waals surface area contributed by atoms with Crippen LogP contribution in [0.15, 0.2) is 18.2 Å². The van der Waals surface area contributed by atoms with Crippen LogP contribution in [-0.2, 0) is 35.3 Å². The Hall–Kier alpha value is -0.637. The third kappa shape index (κ3) is 3.16. The van der Waals surface area contributed by atoms with Gasteiger partial charge in [-0.25, -0.2) is 0 Å². The number of rotatable bonds is 4. The zero-order valence-corrected chi connectivity index (χ0v) is 10.6. The molecular weight excluding hydrogens is 367 g/mol. The number of ether oxygens (including phenoxy) is 1. The van der Waals surface area contributed by atoms with E-state index in [1.807, 2.05) is 0 Å². The van der Waals surface area contributed by atoms with E-state index in [2.05, 4.69) is 10.7 Å². The molecule has 1 unspecified atom stereocenters. The first-order chi connectivity index (χ1) is 6.81. The van der Waals surface area contributed by atoms with E-state index in [0.717, 1.165) is 12.2 Å². The van der Waals surface area contributed by atoms with Gasteiger partial charge >= 0.3 is 28.2 Å². The summed E-state index contributed by atoms with van der Waals surface area (Å²) < 4.78 is 9.30. The van der Waals surface area contributed by atoms with Crippen molar-refractivity contribution in [1.29, 1.82) is 0 Å². The molecule has 2 rings (SSSR count). The van der Waals surface area contributed by atoms with Crippen molar-refractivity contribution in [2.45, 2.75) is 6.10 Å². The molecule has 15 heavy (non-hydrogen) atoms. The van der Waals surface area contributed by atoms with Crippen molar-refractivity contribution in [1.82, 2.24) is 0 Å². The third-order valence-corrected chi connectivity index (χ3v) is 1.99. The molecule has 1 aromatic carbocycles. The smallest absolute Gasteiger partial charge is 0.702 e. The summed E-state index contributed by atoms with van der Waals surface area (Å²) >= 11 is 0. The summed E-state index contributed by atoms with van der Waals surface area (Å²) in [6.45, 7) is 1.90. The molecule has 0 spiro atoms. The van der Waals surface area contributed by atoms with Gasteiger partial charge in [-0.05, 0) is 0 Å². The third-order valence-electron chi connectivity index (χ3n) is 1.99. The van der Waals surface area contributed by atoms with Crippen LogP contribution in [0.3, 0.4) is 0 Å². The van der Waals surface area contributed by atoms with E-state index in [4.69, 9.17) is 4.74 Å². The fraction of sp³-hybridized carbons (Fsp3) is 0.222. The first kappa shape index (κ1) is 12.4. The summed E-state index contributed by atoms with van der Waals surface area (Å²) in [4.78, 5) is 9.83. The summed E-state index contributed by atoms with van der Waals surface area (Å²) in [7, 11) is -1.29. The molecule has 0 saturated carbocycles. The maximum atomic E-state index is 9.83. The van der Waals surface area contributed by atoms with Crippen LogP contribution < -0.4 is 5.46 Å². The predicted molar refractivity (Wildman–Crippen MR) is 48.4 cm³/mol. The van der Waals surface area contributed by atoms with Crippen LogP contribution >= 0.6 is 0 Å². The number of epoxide rings is 1. The maximum absolute atomic E-state index is 9.83. The normalized spacial score (nSPS) is 17.5. The van der Waals surface area contributed by atoms with Crippen LogP contribution in [0.1, 0.15) is 11.7 Å². The summed E-state index contributed by atoms with van der Waals surface area (Å²) in [6.07, 6.45) is 0.163. The van der Waals surface area contributed by atoms with Crippen molar-refractivity contribution >= 4 is 19.1 Å². The van der Waals surface area contributed by atoms with Gasteiger partial charge in [-0.3, -0.25) is 0 Å². The van der Waals surface area contributed by atoms with E-state index in [-0.39, 0.29) is 27.2 Å². The van der Waals surface area contributed by atoms with Gasteiger partial charge in [0.25, 0.3) is 0 Å². The Morgan fingerprint density at radius 2 is 2.40 bits per heavy atom.